The lowest BCUT2D eigenvalue weighted by molar-refractivity contribution is 0.0746. The highest BCUT2D eigenvalue weighted by atomic mass is 35.5. The summed E-state index contributed by atoms with van der Waals surface area (Å²) in [5.41, 5.74) is 0.575. The number of hydrogen-bond acceptors (Lipinski definition) is 5. The SMILES string of the molecule is CSc1ccc(Cl)c(C(=O)N2CCN(c3cnccn3)CC2)c1. The van der Waals surface area contributed by atoms with Gasteiger partial charge in [-0.1, -0.05) is 11.6 Å². The van der Waals surface area contributed by atoms with Crippen LogP contribution in [0.15, 0.2) is 41.7 Å². The summed E-state index contributed by atoms with van der Waals surface area (Å²) in [4.78, 5) is 26.1. The summed E-state index contributed by atoms with van der Waals surface area (Å²) in [6, 6.07) is 5.58. The van der Waals surface area contributed by atoms with Gasteiger partial charge >= 0.3 is 0 Å². The van der Waals surface area contributed by atoms with Gasteiger partial charge in [0.2, 0.25) is 0 Å². The van der Waals surface area contributed by atoms with E-state index in [0.29, 0.717) is 23.7 Å². The third-order valence-electron chi connectivity index (χ3n) is 3.84. The Balaban J connectivity index is 1.69. The smallest absolute Gasteiger partial charge is 0.255 e. The third-order valence-corrected chi connectivity index (χ3v) is 4.90. The quantitative estimate of drug-likeness (QED) is 0.798. The Kier molecular flexibility index (Phi) is 5.03. The number of rotatable bonds is 3. The van der Waals surface area contributed by atoms with Gasteiger partial charge in [0.15, 0.2) is 0 Å². The molecule has 1 aliphatic rings. The molecule has 1 saturated heterocycles. The number of hydrogen-bond donors (Lipinski definition) is 0. The lowest BCUT2D eigenvalue weighted by Crippen LogP contribution is -2.49. The second-order valence-corrected chi connectivity index (χ2v) is 6.48. The molecular formula is C16H17ClN4OS. The molecule has 120 valence electrons. The van der Waals surface area contributed by atoms with Gasteiger partial charge in [0.05, 0.1) is 16.8 Å². The number of amides is 1. The maximum atomic E-state index is 12.7. The van der Waals surface area contributed by atoms with Gasteiger partial charge in [0.1, 0.15) is 5.82 Å². The molecule has 0 spiro atoms. The van der Waals surface area contributed by atoms with Gasteiger partial charge in [-0.2, -0.15) is 0 Å². The van der Waals surface area contributed by atoms with Crippen LogP contribution in [0.4, 0.5) is 5.82 Å². The lowest BCUT2D eigenvalue weighted by atomic mass is 10.1. The molecule has 7 heteroatoms. The lowest BCUT2D eigenvalue weighted by Gasteiger charge is -2.35. The topological polar surface area (TPSA) is 49.3 Å². The standard InChI is InChI=1S/C16H17ClN4OS/c1-23-12-2-3-14(17)13(10-12)16(22)21-8-6-20(7-9-21)15-11-18-4-5-19-15/h2-5,10-11H,6-9H2,1H3. The van der Waals surface area contributed by atoms with Crippen LogP contribution < -0.4 is 4.90 Å². The maximum absolute atomic E-state index is 12.7. The van der Waals surface area contributed by atoms with E-state index in [1.807, 2.05) is 23.3 Å². The predicted molar refractivity (Wildman–Crippen MR) is 93.4 cm³/mol. The zero-order valence-corrected chi connectivity index (χ0v) is 14.3. The van der Waals surface area contributed by atoms with Crippen molar-refractivity contribution in [3.8, 4) is 0 Å². The molecule has 1 fully saturated rings. The monoisotopic (exact) mass is 348 g/mol. The van der Waals surface area contributed by atoms with Crippen molar-refractivity contribution >= 4 is 35.1 Å². The normalized spacial score (nSPS) is 14.9. The van der Waals surface area contributed by atoms with E-state index in [2.05, 4.69) is 14.9 Å². The van der Waals surface area contributed by atoms with Crippen LogP contribution >= 0.6 is 23.4 Å². The van der Waals surface area contributed by atoms with Gasteiger partial charge in [-0.15, -0.1) is 11.8 Å². The zero-order valence-electron chi connectivity index (χ0n) is 12.8. The van der Waals surface area contributed by atoms with Crippen LogP contribution in [0.2, 0.25) is 5.02 Å². The first-order valence-electron chi connectivity index (χ1n) is 7.33. The van der Waals surface area contributed by atoms with Crippen molar-refractivity contribution in [1.29, 1.82) is 0 Å². The van der Waals surface area contributed by atoms with Gasteiger partial charge in [0, 0.05) is 43.5 Å². The number of halogens is 1. The first-order valence-corrected chi connectivity index (χ1v) is 8.93. The van der Waals surface area contributed by atoms with Crippen molar-refractivity contribution < 1.29 is 4.79 Å². The summed E-state index contributed by atoms with van der Waals surface area (Å²) in [6.45, 7) is 2.78. The summed E-state index contributed by atoms with van der Waals surface area (Å²) < 4.78 is 0. The van der Waals surface area contributed by atoms with Gasteiger partial charge in [-0.3, -0.25) is 9.78 Å². The number of benzene rings is 1. The molecular weight excluding hydrogens is 332 g/mol. The van der Waals surface area contributed by atoms with Gasteiger partial charge in [-0.25, -0.2) is 4.98 Å². The number of carbonyl (C=O) groups is 1. The van der Waals surface area contributed by atoms with Gasteiger partial charge in [0.25, 0.3) is 5.91 Å². The fraction of sp³-hybridized carbons (Fsp3) is 0.312. The Morgan fingerprint density at radius 1 is 1.22 bits per heavy atom. The Morgan fingerprint density at radius 3 is 2.65 bits per heavy atom. The van der Waals surface area contributed by atoms with E-state index in [1.54, 1.807) is 36.4 Å². The van der Waals surface area contributed by atoms with E-state index >= 15 is 0 Å². The van der Waals surface area contributed by atoms with Crippen LogP contribution in [-0.2, 0) is 0 Å². The van der Waals surface area contributed by atoms with Gasteiger partial charge < -0.3 is 9.80 Å². The molecule has 2 aromatic rings. The molecule has 0 bridgehead atoms. The Hall–Kier alpha value is -1.79. The predicted octanol–water partition coefficient (Wildman–Crippen LogP) is 2.81. The van der Waals surface area contributed by atoms with Gasteiger partial charge in [-0.05, 0) is 24.5 Å². The average molecular weight is 349 g/mol. The summed E-state index contributed by atoms with van der Waals surface area (Å²) in [5.74, 6) is 0.840. The molecule has 0 saturated carbocycles. The van der Waals surface area contributed by atoms with E-state index in [1.165, 1.54) is 0 Å². The van der Waals surface area contributed by atoms with E-state index in [9.17, 15) is 4.79 Å². The van der Waals surface area contributed by atoms with E-state index in [0.717, 1.165) is 23.8 Å². The number of carbonyl (C=O) groups excluding carboxylic acids is 1. The maximum Gasteiger partial charge on any atom is 0.255 e. The molecule has 1 amide bonds. The average Bonchev–Trinajstić information content (AvgIpc) is 2.62. The molecule has 1 aromatic carbocycles. The fourth-order valence-corrected chi connectivity index (χ4v) is 3.20. The van der Waals surface area contributed by atoms with Crippen molar-refractivity contribution in [2.24, 2.45) is 0 Å². The van der Waals surface area contributed by atoms with Crippen LogP contribution in [0.3, 0.4) is 0 Å². The zero-order chi connectivity index (χ0) is 16.2. The fourth-order valence-electron chi connectivity index (χ4n) is 2.56. The van der Waals surface area contributed by atoms with Crippen LogP contribution in [0.5, 0.6) is 0 Å². The summed E-state index contributed by atoms with van der Waals surface area (Å²) in [6.07, 6.45) is 7.07. The van der Waals surface area contributed by atoms with Crippen molar-refractivity contribution in [2.75, 3.05) is 37.3 Å². The highest BCUT2D eigenvalue weighted by molar-refractivity contribution is 7.98. The van der Waals surface area contributed by atoms with Crippen molar-refractivity contribution in [1.82, 2.24) is 14.9 Å². The largest absolute Gasteiger partial charge is 0.352 e. The Morgan fingerprint density at radius 2 is 2.00 bits per heavy atom. The minimum atomic E-state index is -0.00954. The van der Waals surface area contributed by atoms with E-state index < -0.39 is 0 Å². The van der Waals surface area contributed by atoms with Crippen molar-refractivity contribution in [3.63, 3.8) is 0 Å². The van der Waals surface area contributed by atoms with Crippen molar-refractivity contribution in [2.45, 2.75) is 4.90 Å². The Bertz CT molecular complexity index is 690. The number of nitrogens with zero attached hydrogens (tertiary/aromatic N) is 4. The Labute approximate surface area is 144 Å². The number of thioether (sulfide) groups is 1. The van der Waals surface area contributed by atoms with E-state index in [4.69, 9.17) is 11.6 Å². The molecule has 0 atom stereocenters. The molecule has 0 radical (unpaired) electrons. The third kappa shape index (κ3) is 3.59. The molecule has 3 rings (SSSR count). The molecule has 1 aromatic heterocycles. The first kappa shape index (κ1) is 16.1. The highest BCUT2D eigenvalue weighted by Gasteiger charge is 2.24. The molecule has 2 heterocycles. The minimum absolute atomic E-state index is 0.00954. The first-order chi connectivity index (χ1) is 11.2. The van der Waals surface area contributed by atoms with Crippen molar-refractivity contribution in [3.05, 3.63) is 47.4 Å². The second kappa shape index (κ2) is 7.19. The summed E-state index contributed by atoms with van der Waals surface area (Å²) in [7, 11) is 0. The van der Waals surface area contributed by atoms with Crippen LogP contribution in [0.1, 0.15) is 10.4 Å². The molecule has 23 heavy (non-hydrogen) atoms. The number of piperazine rings is 1. The summed E-state index contributed by atoms with van der Waals surface area (Å²) in [5, 5.41) is 0.504. The van der Waals surface area contributed by atoms with E-state index in [-0.39, 0.29) is 5.91 Å². The number of aromatic nitrogens is 2. The second-order valence-electron chi connectivity index (χ2n) is 5.19. The van der Waals surface area contributed by atoms with Crippen LogP contribution in [0.25, 0.3) is 0 Å². The molecule has 0 unspecified atom stereocenters. The molecule has 1 aliphatic heterocycles. The van der Waals surface area contributed by atoms with Crippen LogP contribution in [0, 0.1) is 0 Å². The van der Waals surface area contributed by atoms with Crippen LogP contribution in [-0.4, -0.2) is 53.2 Å². The molecule has 0 N–H and O–H groups in total. The molecule has 5 nitrogen and oxygen atoms in total. The molecule has 0 aliphatic carbocycles. The highest BCUT2D eigenvalue weighted by Crippen LogP contribution is 2.25. The minimum Gasteiger partial charge on any atom is -0.352 e. The number of anilines is 1. The summed E-state index contributed by atoms with van der Waals surface area (Å²) >= 11 is 7.81.